The molecule has 0 bridgehead atoms. The number of nitriles is 1. The normalized spacial score (nSPS) is 15.9. The molecule has 0 atom stereocenters. The predicted molar refractivity (Wildman–Crippen MR) is 102 cm³/mol. The Morgan fingerprint density at radius 2 is 1.93 bits per heavy atom. The zero-order valence-corrected chi connectivity index (χ0v) is 16.1. The Labute approximate surface area is 166 Å². The number of hydrogen-bond acceptors (Lipinski definition) is 6. The van der Waals surface area contributed by atoms with E-state index in [1.165, 1.54) is 18.6 Å². The number of aromatic nitrogens is 5. The third-order valence-corrected chi connectivity index (χ3v) is 5.34. The van der Waals surface area contributed by atoms with Gasteiger partial charge in [-0.1, -0.05) is 0 Å². The molecule has 0 radical (unpaired) electrons. The lowest BCUT2D eigenvalue weighted by Gasteiger charge is -2.38. The van der Waals surface area contributed by atoms with Crippen LogP contribution in [0.2, 0.25) is 0 Å². The lowest BCUT2D eigenvalue weighted by atomic mass is 9.91. The molecule has 3 aromatic rings. The summed E-state index contributed by atoms with van der Waals surface area (Å²) >= 11 is 0. The molecule has 29 heavy (non-hydrogen) atoms. The first-order valence-electron chi connectivity index (χ1n) is 9.23. The number of anilines is 1. The van der Waals surface area contributed by atoms with Crippen molar-refractivity contribution < 1.29 is 8.78 Å². The van der Waals surface area contributed by atoms with Crippen LogP contribution in [0.4, 0.5) is 14.5 Å². The van der Waals surface area contributed by atoms with Gasteiger partial charge in [0.1, 0.15) is 12.4 Å². The van der Waals surface area contributed by atoms with Crippen molar-refractivity contribution in [2.45, 2.75) is 25.4 Å². The van der Waals surface area contributed by atoms with Crippen LogP contribution in [-0.4, -0.2) is 37.8 Å². The summed E-state index contributed by atoms with van der Waals surface area (Å²) in [4.78, 5) is 10.2. The average Bonchev–Trinajstić information content (AvgIpc) is 3.16. The van der Waals surface area contributed by atoms with Crippen molar-refractivity contribution in [3.8, 4) is 17.3 Å². The second-order valence-electron chi connectivity index (χ2n) is 7.21. The molecule has 9 heteroatoms. The van der Waals surface area contributed by atoms with Crippen LogP contribution < -0.4 is 4.90 Å². The smallest absolute Gasteiger partial charge is 0.212 e. The van der Waals surface area contributed by atoms with Crippen LogP contribution in [0.15, 0.2) is 30.9 Å². The summed E-state index contributed by atoms with van der Waals surface area (Å²) in [5.41, 5.74) is 1.38. The average molecular weight is 395 g/mol. The van der Waals surface area contributed by atoms with Gasteiger partial charge in [0.2, 0.25) is 5.95 Å². The molecule has 0 spiro atoms. The Balaban J connectivity index is 1.72. The summed E-state index contributed by atoms with van der Waals surface area (Å²) in [7, 11) is 1.72. The van der Waals surface area contributed by atoms with Crippen molar-refractivity contribution in [2.24, 2.45) is 7.05 Å². The maximum Gasteiger partial charge on any atom is 0.212 e. The SMILES string of the molecule is Cc1cnc(-c2ccc(F)nc2)c(N2CCC(F)(c3nncn3C)CC2)c1C#N. The molecule has 1 fully saturated rings. The first-order chi connectivity index (χ1) is 13.9. The molecule has 0 amide bonds. The molecule has 0 N–H and O–H groups in total. The molecular weight excluding hydrogens is 376 g/mol. The predicted octanol–water partition coefficient (Wildman–Crippen LogP) is 3.06. The Bertz CT molecular complexity index is 1080. The molecule has 1 saturated heterocycles. The zero-order chi connectivity index (χ0) is 20.6. The Hall–Kier alpha value is -3.41. The minimum absolute atomic E-state index is 0.208. The number of pyridine rings is 2. The van der Waals surface area contributed by atoms with Gasteiger partial charge in [0.25, 0.3) is 0 Å². The van der Waals surface area contributed by atoms with Crippen LogP contribution in [0.5, 0.6) is 0 Å². The molecule has 0 aromatic carbocycles. The van der Waals surface area contributed by atoms with Gasteiger partial charge in [-0.05, 0) is 24.6 Å². The quantitative estimate of drug-likeness (QED) is 0.634. The van der Waals surface area contributed by atoms with E-state index in [4.69, 9.17) is 0 Å². The summed E-state index contributed by atoms with van der Waals surface area (Å²) in [6.07, 6.45) is 4.91. The molecule has 1 aliphatic rings. The fourth-order valence-electron chi connectivity index (χ4n) is 3.77. The van der Waals surface area contributed by atoms with Gasteiger partial charge < -0.3 is 9.47 Å². The molecule has 4 rings (SSSR count). The molecule has 4 heterocycles. The molecule has 1 aliphatic heterocycles. The molecule has 7 nitrogen and oxygen atoms in total. The number of halogens is 2. The van der Waals surface area contributed by atoms with Crippen LogP contribution in [0, 0.1) is 24.2 Å². The number of nitrogens with zero attached hydrogens (tertiary/aromatic N) is 7. The third-order valence-electron chi connectivity index (χ3n) is 5.34. The monoisotopic (exact) mass is 395 g/mol. The minimum Gasteiger partial charge on any atom is -0.368 e. The number of piperidine rings is 1. The Morgan fingerprint density at radius 3 is 2.52 bits per heavy atom. The highest BCUT2D eigenvalue weighted by Crippen LogP contribution is 2.40. The zero-order valence-electron chi connectivity index (χ0n) is 16.1. The van der Waals surface area contributed by atoms with Crippen LogP contribution in [0.1, 0.15) is 29.8 Å². The van der Waals surface area contributed by atoms with E-state index < -0.39 is 11.6 Å². The fraction of sp³-hybridized carbons (Fsp3) is 0.350. The van der Waals surface area contributed by atoms with Gasteiger partial charge in [-0.3, -0.25) is 4.98 Å². The van der Waals surface area contributed by atoms with E-state index in [0.29, 0.717) is 41.4 Å². The molecule has 0 aliphatic carbocycles. The highest BCUT2D eigenvalue weighted by Gasteiger charge is 2.41. The first-order valence-corrected chi connectivity index (χ1v) is 9.23. The van der Waals surface area contributed by atoms with Crippen molar-refractivity contribution in [1.82, 2.24) is 24.7 Å². The fourth-order valence-corrected chi connectivity index (χ4v) is 3.77. The van der Waals surface area contributed by atoms with E-state index in [1.807, 2.05) is 11.8 Å². The highest BCUT2D eigenvalue weighted by molar-refractivity contribution is 5.80. The third kappa shape index (κ3) is 3.31. The van der Waals surface area contributed by atoms with E-state index in [1.54, 1.807) is 23.9 Å². The maximum absolute atomic E-state index is 15.5. The number of rotatable bonds is 3. The number of alkyl halides is 1. The first kappa shape index (κ1) is 18.9. The summed E-state index contributed by atoms with van der Waals surface area (Å²) in [5.74, 6) is -0.283. The van der Waals surface area contributed by atoms with Crippen LogP contribution in [0.3, 0.4) is 0 Å². The highest BCUT2D eigenvalue weighted by atomic mass is 19.1. The van der Waals surface area contributed by atoms with Gasteiger partial charge in [0.05, 0.1) is 16.9 Å². The van der Waals surface area contributed by atoms with Crippen molar-refractivity contribution in [2.75, 3.05) is 18.0 Å². The van der Waals surface area contributed by atoms with E-state index in [-0.39, 0.29) is 12.8 Å². The van der Waals surface area contributed by atoms with Gasteiger partial charge in [0, 0.05) is 50.9 Å². The van der Waals surface area contributed by atoms with Crippen LogP contribution in [-0.2, 0) is 12.7 Å². The minimum atomic E-state index is -1.58. The molecular formula is C20H19F2N7. The van der Waals surface area contributed by atoms with Crippen molar-refractivity contribution >= 4 is 5.69 Å². The van der Waals surface area contributed by atoms with Crippen molar-refractivity contribution in [3.05, 3.63) is 53.8 Å². The second kappa shape index (κ2) is 7.20. The molecule has 3 aromatic heterocycles. The van der Waals surface area contributed by atoms with E-state index in [2.05, 4.69) is 26.2 Å². The van der Waals surface area contributed by atoms with Gasteiger partial charge in [-0.25, -0.2) is 9.37 Å². The van der Waals surface area contributed by atoms with E-state index in [0.717, 1.165) is 5.56 Å². The van der Waals surface area contributed by atoms with Gasteiger partial charge in [-0.15, -0.1) is 10.2 Å². The second-order valence-corrected chi connectivity index (χ2v) is 7.21. The molecule has 0 unspecified atom stereocenters. The number of hydrogen-bond donors (Lipinski definition) is 0. The van der Waals surface area contributed by atoms with Crippen LogP contribution >= 0.6 is 0 Å². The molecule has 0 saturated carbocycles. The maximum atomic E-state index is 15.5. The topological polar surface area (TPSA) is 83.5 Å². The van der Waals surface area contributed by atoms with E-state index in [9.17, 15) is 9.65 Å². The van der Waals surface area contributed by atoms with Gasteiger partial charge >= 0.3 is 0 Å². The van der Waals surface area contributed by atoms with Gasteiger partial charge in [0.15, 0.2) is 11.5 Å². The summed E-state index contributed by atoms with van der Waals surface area (Å²) < 4.78 is 30.4. The number of aryl methyl sites for hydroxylation is 2. The summed E-state index contributed by atoms with van der Waals surface area (Å²) in [5, 5.41) is 17.5. The Kier molecular flexibility index (Phi) is 4.70. The Morgan fingerprint density at radius 1 is 1.17 bits per heavy atom. The van der Waals surface area contributed by atoms with Crippen molar-refractivity contribution in [1.29, 1.82) is 5.26 Å². The standard InChI is InChI=1S/C20H19F2N7/c1-13-10-25-17(14-3-4-16(21)24-11-14)18(15(13)9-23)29-7-5-20(22,6-8-29)19-27-26-12-28(19)2/h3-4,10-12H,5-8H2,1-2H3. The lowest BCUT2D eigenvalue weighted by molar-refractivity contribution is 0.109. The molecule has 148 valence electrons. The summed E-state index contributed by atoms with van der Waals surface area (Å²) in [6.45, 7) is 2.57. The summed E-state index contributed by atoms with van der Waals surface area (Å²) in [6, 6.07) is 5.07. The van der Waals surface area contributed by atoms with Crippen LogP contribution in [0.25, 0.3) is 11.3 Å². The van der Waals surface area contributed by atoms with Crippen molar-refractivity contribution in [3.63, 3.8) is 0 Å². The lowest BCUT2D eigenvalue weighted by Crippen LogP contribution is -2.42. The van der Waals surface area contributed by atoms with Gasteiger partial charge in [-0.2, -0.15) is 9.65 Å². The largest absolute Gasteiger partial charge is 0.368 e. The van der Waals surface area contributed by atoms with E-state index >= 15 is 4.39 Å².